The molecule has 1 aliphatic heterocycles. The van der Waals surface area contributed by atoms with E-state index in [1.807, 2.05) is 45.0 Å². The van der Waals surface area contributed by atoms with E-state index in [0.717, 1.165) is 16.8 Å². The van der Waals surface area contributed by atoms with Crippen molar-refractivity contribution < 1.29 is 13.2 Å². The van der Waals surface area contributed by atoms with Crippen molar-refractivity contribution in [1.82, 2.24) is 4.72 Å². The van der Waals surface area contributed by atoms with E-state index >= 15 is 0 Å². The molecule has 1 amide bonds. The molecule has 2 aromatic carbocycles. The summed E-state index contributed by atoms with van der Waals surface area (Å²) in [6.07, 6.45) is 1.75. The van der Waals surface area contributed by atoms with Gasteiger partial charge in [0.1, 0.15) is 0 Å². The van der Waals surface area contributed by atoms with E-state index in [0.29, 0.717) is 25.8 Å². The van der Waals surface area contributed by atoms with Crippen LogP contribution in [0.1, 0.15) is 37.0 Å². The lowest BCUT2D eigenvalue weighted by Crippen LogP contribution is -2.35. The molecular formula is C21H26N2O3S. The summed E-state index contributed by atoms with van der Waals surface area (Å²) in [6.45, 7) is 6.20. The third-order valence-corrected chi connectivity index (χ3v) is 6.43. The van der Waals surface area contributed by atoms with Gasteiger partial charge >= 0.3 is 0 Å². The molecule has 6 heteroatoms. The van der Waals surface area contributed by atoms with Crippen LogP contribution in [0, 0.1) is 6.92 Å². The van der Waals surface area contributed by atoms with Crippen molar-refractivity contribution in [3.05, 3.63) is 59.2 Å². The Morgan fingerprint density at radius 1 is 1.19 bits per heavy atom. The second-order valence-electron chi connectivity index (χ2n) is 7.09. The lowest BCUT2D eigenvalue weighted by atomic mass is 10.1. The predicted molar refractivity (Wildman–Crippen MR) is 107 cm³/mol. The van der Waals surface area contributed by atoms with E-state index in [4.69, 9.17) is 0 Å². The van der Waals surface area contributed by atoms with Gasteiger partial charge in [0.2, 0.25) is 15.9 Å². The molecule has 0 fully saturated rings. The third-order valence-electron chi connectivity index (χ3n) is 4.97. The number of sulfonamides is 1. The number of carbonyl (C=O) groups is 1. The van der Waals surface area contributed by atoms with Crippen molar-refractivity contribution in [2.45, 2.75) is 51.0 Å². The summed E-state index contributed by atoms with van der Waals surface area (Å²) in [7, 11) is -3.57. The Morgan fingerprint density at radius 3 is 2.56 bits per heavy atom. The number of amides is 1. The molecule has 0 saturated heterocycles. The standard InChI is InChI=1S/C21H26N2O3S/c1-4-21(24)23-16(3)13-18-14-19(9-10-20(18)23)27(25,26)22-12-11-17-7-5-15(2)6-8-17/h5-10,14,16,22H,4,11-13H2,1-3H3/t16-/m1/s1. The average Bonchev–Trinajstić information content (AvgIpc) is 2.97. The van der Waals surface area contributed by atoms with Gasteiger partial charge < -0.3 is 4.90 Å². The maximum atomic E-state index is 12.6. The van der Waals surface area contributed by atoms with Gasteiger partial charge in [-0.3, -0.25) is 4.79 Å². The van der Waals surface area contributed by atoms with Crippen LogP contribution in [0.15, 0.2) is 47.4 Å². The molecule has 144 valence electrons. The van der Waals surface area contributed by atoms with Gasteiger partial charge in [-0.15, -0.1) is 0 Å². The topological polar surface area (TPSA) is 66.5 Å². The summed E-state index contributed by atoms with van der Waals surface area (Å²) < 4.78 is 28.0. The Morgan fingerprint density at radius 2 is 1.89 bits per heavy atom. The average molecular weight is 387 g/mol. The monoisotopic (exact) mass is 386 g/mol. The Hall–Kier alpha value is -2.18. The van der Waals surface area contributed by atoms with Crippen LogP contribution in [0.4, 0.5) is 5.69 Å². The highest BCUT2D eigenvalue weighted by Gasteiger charge is 2.31. The fourth-order valence-corrected chi connectivity index (χ4v) is 4.57. The first-order chi connectivity index (χ1) is 12.8. The Kier molecular flexibility index (Phi) is 5.67. The zero-order valence-corrected chi connectivity index (χ0v) is 16.8. The van der Waals surface area contributed by atoms with E-state index in [1.54, 1.807) is 23.1 Å². The number of nitrogens with one attached hydrogen (secondary N) is 1. The first-order valence-electron chi connectivity index (χ1n) is 9.32. The summed E-state index contributed by atoms with van der Waals surface area (Å²) >= 11 is 0. The highest BCUT2D eigenvalue weighted by molar-refractivity contribution is 7.89. The molecule has 1 aliphatic rings. The molecule has 0 unspecified atom stereocenters. The van der Waals surface area contributed by atoms with Gasteiger partial charge in [0, 0.05) is 24.7 Å². The van der Waals surface area contributed by atoms with Crippen LogP contribution in [-0.2, 0) is 27.7 Å². The number of benzene rings is 2. The summed E-state index contributed by atoms with van der Waals surface area (Å²) in [5.74, 6) is 0.0630. The minimum Gasteiger partial charge on any atom is -0.309 e. The Labute approximate surface area is 161 Å². The van der Waals surface area contributed by atoms with Crippen LogP contribution in [0.5, 0.6) is 0 Å². The second-order valence-corrected chi connectivity index (χ2v) is 8.86. The number of hydrogen-bond acceptors (Lipinski definition) is 3. The molecule has 0 radical (unpaired) electrons. The summed E-state index contributed by atoms with van der Waals surface area (Å²) in [6, 6.07) is 13.2. The molecular weight excluding hydrogens is 360 g/mol. The number of rotatable bonds is 6. The number of anilines is 1. The lowest BCUT2D eigenvalue weighted by Gasteiger charge is -2.22. The van der Waals surface area contributed by atoms with Crippen molar-refractivity contribution in [1.29, 1.82) is 0 Å². The fraction of sp³-hybridized carbons (Fsp3) is 0.381. The highest BCUT2D eigenvalue weighted by atomic mass is 32.2. The van der Waals surface area contributed by atoms with E-state index in [2.05, 4.69) is 4.72 Å². The number of hydrogen-bond donors (Lipinski definition) is 1. The molecule has 1 N–H and O–H groups in total. The van der Waals surface area contributed by atoms with Crippen LogP contribution in [0.25, 0.3) is 0 Å². The normalized spacial score (nSPS) is 16.4. The number of carbonyl (C=O) groups excluding carboxylic acids is 1. The third kappa shape index (κ3) is 4.22. The first-order valence-corrected chi connectivity index (χ1v) is 10.8. The molecule has 0 bridgehead atoms. The molecule has 1 atom stereocenters. The largest absolute Gasteiger partial charge is 0.309 e. The zero-order chi connectivity index (χ0) is 19.6. The summed E-state index contributed by atoms with van der Waals surface area (Å²) in [5.41, 5.74) is 4.01. The SMILES string of the molecule is CCC(=O)N1c2ccc(S(=O)(=O)NCCc3ccc(C)cc3)cc2C[C@H]1C. The van der Waals surface area contributed by atoms with Gasteiger partial charge in [-0.05, 0) is 56.0 Å². The smallest absolute Gasteiger partial charge is 0.240 e. The van der Waals surface area contributed by atoms with Crippen LogP contribution >= 0.6 is 0 Å². The van der Waals surface area contributed by atoms with Gasteiger partial charge in [-0.25, -0.2) is 13.1 Å². The Bertz CT molecular complexity index is 936. The van der Waals surface area contributed by atoms with Gasteiger partial charge in [-0.2, -0.15) is 0 Å². The van der Waals surface area contributed by atoms with Gasteiger partial charge in [0.25, 0.3) is 0 Å². The minimum absolute atomic E-state index is 0.0555. The minimum atomic E-state index is -3.57. The van der Waals surface area contributed by atoms with E-state index in [-0.39, 0.29) is 16.8 Å². The molecule has 0 aromatic heterocycles. The number of nitrogens with zero attached hydrogens (tertiary/aromatic N) is 1. The fourth-order valence-electron chi connectivity index (χ4n) is 3.49. The van der Waals surface area contributed by atoms with Gasteiger partial charge in [0.15, 0.2) is 0 Å². The van der Waals surface area contributed by atoms with E-state index < -0.39 is 10.0 Å². The van der Waals surface area contributed by atoms with Crippen molar-refractivity contribution >= 4 is 21.6 Å². The zero-order valence-electron chi connectivity index (χ0n) is 16.0. The van der Waals surface area contributed by atoms with Crippen LogP contribution < -0.4 is 9.62 Å². The number of fused-ring (bicyclic) bond motifs is 1. The predicted octanol–water partition coefficient (Wildman–Crippen LogP) is 3.20. The quantitative estimate of drug-likeness (QED) is 0.829. The van der Waals surface area contributed by atoms with Crippen molar-refractivity contribution in [2.24, 2.45) is 0 Å². The van der Waals surface area contributed by atoms with E-state index in [9.17, 15) is 13.2 Å². The number of aryl methyl sites for hydroxylation is 1. The molecule has 3 rings (SSSR count). The first kappa shape index (κ1) is 19.6. The molecule has 0 aliphatic carbocycles. The molecule has 2 aromatic rings. The molecule has 1 heterocycles. The molecule has 0 saturated carbocycles. The maximum absolute atomic E-state index is 12.6. The summed E-state index contributed by atoms with van der Waals surface area (Å²) in [4.78, 5) is 14.2. The van der Waals surface area contributed by atoms with Crippen molar-refractivity contribution in [3.8, 4) is 0 Å². The van der Waals surface area contributed by atoms with Crippen molar-refractivity contribution in [2.75, 3.05) is 11.4 Å². The molecule has 27 heavy (non-hydrogen) atoms. The maximum Gasteiger partial charge on any atom is 0.240 e. The van der Waals surface area contributed by atoms with Crippen LogP contribution in [-0.4, -0.2) is 26.9 Å². The van der Waals surface area contributed by atoms with Gasteiger partial charge in [-0.1, -0.05) is 36.8 Å². The summed E-state index contributed by atoms with van der Waals surface area (Å²) in [5, 5.41) is 0. The van der Waals surface area contributed by atoms with E-state index in [1.165, 1.54) is 5.56 Å². The Balaban J connectivity index is 1.71. The molecule has 5 nitrogen and oxygen atoms in total. The van der Waals surface area contributed by atoms with Gasteiger partial charge in [0.05, 0.1) is 4.90 Å². The molecule has 0 spiro atoms. The van der Waals surface area contributed by atoms with Crippen molar-refractivity contribution in [3.63, 3.8) is 0 Å². The lowest BCUT2D eigenvalue weighted by molar-refractivity contribution is -0.118. The van der Waals surface area contributed by atoms with Crippen LogP contribution in [0.2, 0.25) is 0 Å². The highest BCUT2D eigenvalue weighted by Crippen LogP contribution is 2.34. The second kappa shape index (κ2) is 7.82. The van der Waals surface area contributed by atoms with Crippen LogP contribution in [0.3, 0.4) is 0 Å².